The van der Waals surface area contributed by atoms with Crippen LogP contribution < -0.4 is 5.32 Å². The lowest BCUT2D eigenvalue weighted by atomic mass is 10.1. The van der Waals surface area contributed by atoms with Gasteiger partial charge in [-0.1, -0.05) is 6.92 Å². The van der Waals surface area contributed by atoms with Crippen molar-refractivity contribution < 1.29 is 0 Å². The number of hydrogen-bond donors (Lipinski definition) is 1. The van der Waals surface area contributed by atoms with Crippen LogP contribution in [0.2, 0.25) is 0 Å². The summed E-state index contributed by atoms with van der Waals surface area (Å²) in [6, 6.07) is 4.64. The molecular weight excluding hydrogens is 230 g/mol. The zero-order valence-electron chi connectivity index (χ0n) is 10.8. The van der Waals surface area contributed by atoms with E-state index in [9.17, 15) is 0 Å². The van der Waals surface area contributed by atoms with E-state index in [2.05, 4.69) is 42.6 Å². The van der Waals surface area contributed by atoms with Gasteiger partial charge < -0.3 is 5.32 Å². The van der Waals surface area contributed by atoms with E-state index in [-0.39, 0.29) is 6.04 Å². The molecule has 1 atom stereocenters. The lowest BCUT2D eigenvalue weighted by Gasteiger charge is -2.14. The fourth-order valence-corrected chi connectivity index (χ4v) is 3.14. The summed E-state index contributed by atoms with van der Waals surface area (Å²) in [7, 11) is 3.99. The average Bonchev–Trinajstić information content (AvgIpc) is 2.87. The Morgan fingerprint density at radius 2 is 2.24 bits per heavy atom. The maximum absolute atomic E-state index is 4.51. The van der Waals surface area contributed by atoms with E-state index in [0.717, 1.165) is 6.42 Å². The number of nitrogens with zero attached hydrogens (tertiary/aromatic N) is 2. The SMILES string of the molecule is CCc1nn(C)cc1C(NC)c1ccc(C)s1. The molecule has 2 heterocycles. The minimum absolute atomic E-state index is 0.261. The Kier molecular flexibility index (Phi) is 3.64. The number of thiophene rings is 1. The van der Waals surface area contributed by atoms with Crippen molar-refractivity contribution in [2.75, 3.05) is 7.05 Å². The second kappa shape index (κ2) is 5.02. The molecule has 0 saturated carbocycles. The molecule has 4 heteroatoms. The summed E-state index contributed by atoms with van der Waals surface area (Å²) in [5.41, 5.74) is 2.47. The van der Waals surface area contributed by atoms with Crippen molar-refractivity contribution in [3.63, 3.8) is 0 Å². The monoisotopic (exact) mass is 249 g/mol. The molecule has 0 aliphatic heterocycles. The Hall–Kier alpha value is -1.13. The number of aromatic nitrogens is 2. The van der Waals surface area contributed by atoms with Crippen LogP contribution in [0.1, 0.15) is 34.0 Å². The molecule has 0 fully saturated rings. The quantitative estimate of drug-likeness (QED) is 0.903. The van der Waals surface area contributed by atoms with E-state index >= 15 is 0 Å². The van der Waals surface area contributed by atoms with Crippen LogP contribution in [-0.4, -0.2) is 16.8 Å². The molecule has 92 valence electrons. The number of rotatable bonds is 4. The summed E-state index contributed by atoms with van der Waals surface area (Å²) in [5.74, 6) is 0. The molecule has 0 saturated heterocycles. The fraction of sp³-hybridized carbons (Fsp3) is 0.462. The van der Waals surface area contributed by atoms with Gasteiger partial charge in [0.05, 0.1) is 11.7 Å². The maximum Gasteiger partial charge on any atom is 0.0702 e. The van der Waals surface area contributed by atoms with Crippen LogP contribution in [0.3, 0.4) is 0 Å². The molecule has 2 aromatic rings. The normalized spacial score (nSPS) is 12.9. The molecule has 0 radical (unpaired) electrons. The predicted molar refractivity (Wildman–Crippen MR) is 72.5 cm³/mol. The Morgan fingerprint density at radius 3 is 2.76 bits per heavy atom. The zero-order chi connectivity index (χ0) is 12.4. The molecule has 0 aromatic carbocycles. The number of nitrogens with one attached hydrogen (secondary N) is 1. The number of hydrogen-bond acceptors (Lipinski definition) is 3. The first-order chi connectivity index (χ1) is 8.15. The van der Waals surface area contributed by atoms with Crippen LogP contribution in [0.5, 0.6) is 0 Å². The zero-order valence-corrected chi connectivity index (χ0v) is 11.6. The van der Waals surface area contributed by atoms with E-state index < -0.39 is 0 Å². The second-order valence-corrected chi connectivity index (χ2v) is 5.55. The largest absolute Gasteiger partial charge is 0.309 e. The molecule has 0 bridgehead atoms. The highest BCUT2D eigenvalue weighted by atomic mass is 32.1. The van der Waals surface area contributed by atoms with Crippen molar-refractivity contribution in [2.24, 2.45) is 7.05 Å². The molecule has 3 nitrogen and oxygen atoms in total. The Bertz CT molecular complexity index is 498. The summed E-state index contributed by atoms with van der Waals surface area (Å²) in [6.07, 6.45) is 3.09. The van der Waals surface area contributed by atoms with Crippen LogP contribution in [0.15, 0.2) is 18.3 Å². The maximum atomic E-state index is 4.51. The van der Waals surface area contributed by atoms with Gasteiger partial charge in [0.25, 0.3) is 0 Å². The highest BCUT2D eigenvalue weighted by molar-refractivity contribution is 7.12. The standard InChI is InChI=1S/C13H19N3S/c1-5-11-10(8-16(4)15-11)13(14-3)12-7-6-9(2)17-12/h6-8,13-14H,5H2,1-4H3. The van der Waals surface area contributed by atoms with Gasteiger partial charge in [0.15, 0.2) is 0 Å². The Morgan fingerprint density at radius 1 is 1.47 bits per heavy atom. The summed E-state index contributed by atoms with van der Waals surface area (Å²) in [4.78, 5) is 2.70. The third-order valence-corrected chi connectivity index (χ3v) is 3.98. The molecular formula is C13H19N3S. The summed E-state index contributed by atoms with van der Waals surface area (Å²) >= 11 is 1.84. The lowest BCUT2D eigenvalue weighted by Crippen LogP contribution is -2.17. The number of aryl methyl sites for hydroxylation is 3. The van der Waals surface area contributed by atoms with Crippen LogP contribution in [0.4, 0.5) is 0 Å². The third-order valence-electron chi connectivity index (χ3n) is 2.92. The fourth-order valence-electron chi connectivity index (χ4n) is 2.13. The van der Waals surface area contributed by atoms with Crippen molar-refractivity contribution in [1.29, 1.82) is 0 Å². The van der Waals surface area contributed by atoms with E-state index in [4.69, 9.17) is 0 Å². The van der Waals surface area contributed by atoms with Crippen LogP contribution in [-0.2, 0) is 13.5 Å². The second-order valence-electron chi connectivity index (χ2n) is 4.23. The van der Waals surface area contributed by atoms with Gasteiger partial charge in [-0.15, -0.1) is 11.3 Å². The topological polar surface area (TPSA) is 29.9 Å². The smallest absolute Gasteiger partial charge is 0.0702 e. The van der Waals surface area contributed by atoms with E-state index in [0.29, 0.717) is 0 Å². The molecule has 0 spiro atoms. The molecule has 1 N–H and O–H groups in total. The van der Waals surface area contributed by atoms with Gasteiger partial charge in [-0.3, -0.25) is 4.68 Å². The van der Waals surface area contributed by atoms with Crippen molar-refractivity contribution in [3.05, 3.63) is 39.3 Å². The van der Waals surface area contributed by atoms with Gasteiger partial charge in [-0.05, 0) is 32.5 Å². The summed E-state index contributed by atoms with van der Waals surface area (Å²) < 4.78 is 1.90. The Labute approximate surface area is 106 Å². The van der Waals surface area contributed by atoms with Crippen molar-refractivity contribution in [3.8, 4) is 0 Å². The van der Waals surface area contributed by atoms with Crippen LogP contribution in [0.25, 0.3) is 0 Å². The predicted octanol–water partition coefficient (Wildman–Crippen LogP) is 2.66. The minimum atomic E-state index is 0.261. The molecule has 0 amide bonds. The van der Waals surface area contributed by atoms with Crippen LogP contribution >= 0.6 is 11.3 Å². The van der Waals surface area contributed by atoms with Crippen molar-refractivity contribution in [1.82, 2.24) is 15.1 Å². The van der Waals surface area contributed by atoms with Gasteiger partial charge in [0.2, 0.25) is 0 Å². The van der Waals surface area contributed by atoms with Gasteiger partial charge in [0.1, 0.15) is 0 Å². The molecule has 0 aliphatic rings. The first-order valence-corrected chi connectivity index (χ1v) is 6.73. The molecule has 17 heavy (non-hydrogen) atoms. The Balaban J connectivity index is 2.41. The first-order valence-electron chi connectivity index (χ1n) is 5.91. The summed E-state index contributed by atoms with van der Waals surface area (Å²) in [5, 5.41) is 7.90. The van der Waals surface area contributed by atoms with Crippen molar-refractivity contribution in [2.45, 2.75) is 26.3 Å². The van der Waals surface area contributed by atoms with Gasteiger partial charge in [-0.2, -0.15) is 5.10 Å². The molecule has 2 rings (SSSR count). The van der Waals surface area contributed by atoms with E-state index in [1.54, 1.807) is 0 Å². The highest BCUT2D eigenvalue weighted by Gasteiger charge is 2.19. The molecule has 0 aliphatic carbocycles. The van der Waals surface area contributed by atoms with Gasteiger partial charge >= 0.3 is 0 Å². The van der Waals surface area contributed by atoms with Crippen molar-refractivity contribution >= 4 is 11.3 Å². The molecule has 2 aromatic heterocycles. The van der Waals surface area contributed by atoms with Gasteiger partial charge in [0, 0.05) is 28.6 Å². The minimum Gasteiger partial charge on any atom is -0.309 e. The average molecular weight is 249 g/mol. The first kappa shape index (κ1) is 12.3. The highest BCUT2D eigenvalue weighted by Crippen LogP contribution is 2.29. The van der Waals surface area contributed by atoms with E-state index in [1.807, 2.05) is 30.1 Å². The van der Waals surface area contributed by atoms with E-state index in [1.165, 1.54) is 21.0 Å². The van der Waals surface area contributed by atoms with Gasteiger partial charge in [-0.25, -0.2) is 0 Å². The van der Waals surface area contributed by atoms with Crippen LogP contribution in [0, 0.1) is 6.92 Å². The third kappa shape index (κ3) is 2.42. The summed E-state index contributed by atoms with van der Waals surface area (Å²) in [6.45, 7) is 4.29. The molecule has 1 unspecified atom stereocenters. The lowest BCUT2D eigenvalue weighted by molar-refractivity contribution is 0.695.